The molecule has 3 rings (SSSR count). The van der Waals surface area contributed by atoms with Gasteiger partial charge in [-0.25, -0.2) is 9.18 Å². The highest BCUT2D eigenvalue weighted by atomic mass is 19.1. The quantitative estimate of drug-likeness (QED) is 0.480. The molecular weight excluding hydrogens is 347 g/mol. The van der Waals surface area contributed by atoms with Crippen LogP contribution in [0, 0.1) is 5.82 Å². The van der Waals surface area contributed by atoms with Crippen LogP contribution in [0.25, 0.3) is 5.76 Å². The van der Waals surface area contributed by atoms with Crippen LogP contribution in [-0.2, 0) is 16.1 Å². The number of rotatable bonds is 7. The van der Waals surface area contributed by atoms with Crippen molar-refractivity contribution in [2.45, 2.75) is 6.61 Å². The molecule has 5 heteroatoms. The highest BCUT2D eigenvalue weighted by Gasteiger charge is 2.21. The van der Waals surface area contributed by atoms with Gasteiger partial charge in [0.25, 0.3) is 0 Å². The van der Waals surface area contributed by atoms with Crippen molar-refractivity contribution in [3.8, 4) is 5.75 Å². The van der Waals surface area contributed by atoms with E-state index >= 15 is 0 Å². The van der Waals surface area contributed by atoms with Crippen LogP contribution >= 0.6 is 0 Å². The number of hydrogen-bond donors (Lipinski definition) is 1. The van der Waals surface area contributed by atoms with Crippen molar-refractivity contribution < 1.29 is 23.8 Å². The van der Waals surface area contributed by atoms with Gasteiger partial charge in [-0.2, -0.15) is 0 Å². The van der Waals surface area contributed by atoms with Gasteiger partial charge in [-0.1, -0.05) is 60.7 Å². The van der Waals surface area contributed by atoms with E-state index in [9.17, 15) is 14.3 Å². The Bertz CT molecular complexity index is 920. The Morgan fingerprint density at radius 2 is 1.44 bits per heavy atom. The summed E-state index contributed by atoms with van der Waals surface area (Å²) in [6.07, 6.45) is 0. The van der Waals surface area contributed by atoms with Gasteiger partial charge in [0.05, 0.1) is 0 Å². The van der Waals surface area contributed by atoms with Crippen molar-refractivity contribution in [3.05, 3.63) is 108 Å². The predicted octanol–water partition coefficient (Wildman–Crippen LogP) is 4.87. The number of carbonyl (C=O) groups is 1. The number of ether oxygens (including phenoxy) is 2. The van der Waals surface area contributed by atoms with Gasteiger partial charge in [0, 0.05) is 5.56 Å². The smallest absolute Gasteiger partial charge is 0.375 e. The molecule has 0 radical (unpaired) electrons. The Morgan fingerprint density at radius 1 is 0.852 bits per heavy atom. The van der Waals surface area contributed by atoms with E-state index in [2.05, 4.69) is 0 Å². The van der Waals surface area contributed by atoms with Crippen molar-refractivity contribution >= 4 is 11.7 Å². The van der Waals surface area contributed by atoms with Crippen LogP contribution in [0.15, 0.2) is 90.7 Å². The first kappa shape index (κ1) is 18.2. The molecule has 0 aliphatic heterocycles. The summed E-state index contributed by atoms with van der Waals surface area (Å²) in [7, 11) is 0. The maximum atomic E-state index is 13.2. The fourth-order valence-electron chi connectivity index (χ4n) is 2.40. The Hall–Kier alpha value is -3.60. The van der Waals surface area contributed by atoms with Crippen LogP contribution < -0.4 is 4.74 Å². The molecule has 0 spiro atoms. The first-order chi connectivity index (χ1) is 13.1. The van der Waals surface area contributed by atoms with Gasteiger partial charge in [0.2, 0.25) is 5.76 Å². The fourth-order valence-corrected chi connectivity index (χ4v) is 2.40. The number of hydrogen-bond acceptors (Lipinski definition) is 3. The molecule has 0 atom stereocenters. The van der Waals surface area contributed by atoms with Gasteiger partial charge < -0.3 is 14.6 Å². The van der Waals surface area contributed by atoms with E-state index in [0.717, 1.165) is 5.56 Å². The number of carboxylic acids is 1. The predicted molar refractivity (Wildman–Crippen MR) is 99.3 cm³/mol. The van der Waals surface area contributed by atoms with Gasteiger partial charge in [-0.15, -0.1) is 0 Å². The van der Waals surface area contributed by atoms with Gasteiger partial charge in [0.15, 0.2) is 5.76 Å². The summed E-state index contributed by atoms with van der Waals surface area (Å²) in [5, 5.41) is 9.68. The van der Waals surface area contributed by atoms with Crippen LogP contribution in [0.2, 0.25) is 0 Å². The topological polar surface area (TPSA) is 55.8 Å². The largest absolute Gasteiger partial charge is 0.479 e. The summed E-state index contributed by atoms with van der Waals surface area (Å²) in [6.45, 7) is 0.0750. The summed E-state index contributed by atoms with van der Waals surface area (Å²) >= 11 is 0. The zero-order valence-corrected chi connectivity index (χ0v) is 14.3. The van der Waals surface area contributed by atoms with E-state index in [1.165, 1.54) is 24.3 Å². The molecule has 0 unspecified atom stereocenters. The summed E-state index contributed by atoms with van der Waals surface area (Å²) in [5.74, 6) is -1.64. The lowest BCUT2D eigenvalue weighted by molar-refractivity contribution is -0.136. The third kappa shape index (κ3) is 4.95. The minimum Gasteiger partial charge on any atom is -0.479 e. The standard InChI is InChI=1S/C22H17FO4/c23-18-11-13-19(14-12-18)27-20(17-9-5-2-6-10-17)21(22(24)25)26-15-16-7-3-1-4-8-16/h1-14H,15H2,(H,24,25). The van der Waals surface area contributed by atoms with E-state index in [1.54, 1.807) is 24.3 Å². The summed E-state index contributed by atoms with van der Waals surface area (Å²) in [6, 6.07) is 23.3. The van der Waals surface area contributed by atoms with Crippen LogP contribution in [-0.4, -0.2) is 11.1 Å². The summed E-state index contributed by atoms with van der Waals surface area (Å²) in [5.41, 5.74) is 1.36. The molecule has 0 heterocycles. The second-order valence-electron chi connectivity index (χ2n) is 5.66. The minimum atomic E-state index is -1.26. The van der Waals surface area contributed by atoms with E-state index in [1.807, 2.05) is 36.4 Å². The first-order valence-electron chi connectivity index (χ1n) is 8.26. The van der Waals surface area contributed by atoms with E-state index < -0.39 is 11.8 Å². The van der Waals surface area contributed by atoms with Crippen LogP contribution in [0.1, 0.15) is 11.1 Å². The maximum absolute atomic E-state index is 13.2. The molecule has 0 aliphatic carbocycles. The number of carboxylic acid groups (broad SMARTS) is 1. The maximum Gasteiger partial charge on any atom is 0.375 e. The van der Waals surface area contributed by atoms with Crippen molar-refractivity contribution in [2.24, 2.45) is 0 Å². The molecule has 0 bridgehead atoms. The van der Waals surface area contributed by atoms with Gasteiger partial charge in [-0.3, -0.25) is 0 Å². The van der Waals surface area contributed by atoms with Crippen LogP contribution in [0.3, 0.4) is 0 Å². The molecule has 0 amide bonds. The summed E-state index contributed by atoms with van der Waals surface area (Å²) in [4.78, 5) is 11.9. The van der Waals surface area contributed by atoms with Crippen molar-refractivity contribution in [2.75, 3.05) is 0 Å². The molecule has 0 saturated heterocycles. The first-order valence-corrected chi connectivity index (χ1v) is 8.26. The van der Waals surface area contributed by atoms with Crippen molar-refractivity contribution in [3.63, 3.8) is 0 Å². The highest BCUT2D eigenvalue weighted by Crippen LogP contribution is 2.26. The lowest BCUT2D eigenvalue weighted by Crippen LogP contribution is -2.12. The molecule has 3 aromatic carbocycles. The van der Waals surface area contributed by atoms with Gasteiger partial charge >= 0.3 is 5.97 Å². The second kappa shape index (κ2) is 8.67. The number of aliphatic carboxylic acids is 1. The molecule has 0 aliphatic rings. The van der Waals surface area contributed by atoms with Crippen LogP contribution in [0.5, 0.6) is 5.75 Å². The second-order valence-corrected chi connectivity index (χ2v) is 5.66. The molecule has 1 N–H and O–H groups in total. The minimum absolute atomic E-state index is 0.0469. The summed E-state index contributed by atoms with van der Waals surface area (Å²) < 4.78 is 24.5. The lowest BCUT2D eigenvalue weighted by Gasteiger charge is -2.15. The average Bonchev–Trinajstić information content (AvgIpc) is 2.70. The van der Waals surface area contributed by atoms with E-state index in [0.29, 0.717) is 11.3 Å². The van der Waals surface area contributed by atoms with Crippen molar-refractivity contribution in [1.82, 2.24) is 0 Å². The average molecular weight is 364 g/mol. The van der Waals surface area contributed by atoms with Crippen molar-refractivity contribution in [1.29, 1.82) is 0 Å². The Balaban J connectivity index is 1.97. The number of halogens is 1. The monoisotopic (exact) mass is 364 g/mol. The van der Waals surface area contributed by atoms with E-state index in [4.69, 9.17) is 9.47 Å². The van der Waals surface area contributed by atoms with Gasteiger partial charge in [0.1, 0.15) is 18.2 Å². The Labute approximate surface area is 156 Å². The molecule has 4 nitrogen and oxygen atoms in total. The molecular formula is C22H17FO4. The molecule has 0 aromatic heterocycles. The molecule has 136 valence electrons. The van der Waals surface area contributed by atoms with E-state index in [-0.39, 0.29) is 18.1 Å². The Morgan fingerprint density at radius 3 is 2.04 bits per heavy atom. The third-order valence-electron chi connectivity index (χ3n) is 3.70. The third-order valence-corrected chi connectivity index (χ3v) is 3.70. The Kier molecular flexibility index (Phi) is 5.84. The molecule has 27 heavy (non-hydrogen) atoms. The zero-order chi connectivity index (χ0) is 19.1. The molecule has 0 saturated carbocycles. The molecule has 0 fully saturated rings. The zero-order valence-electron chi connectivity index (χ0n) is 14.3. The fraction of sp³-hybridized carbons (Fsp3) is 0.0455. The lowest BCUT2D eigenvalue weighted by atomic mass is 10.1. The van der Waals surface area contributed by atoms with Gasteiger partial charge in [-0.05, 0) is 29.8 Å². The normalized spacial score (nSPS) is 11.4. The molecule has 3 aromatic rings. The van der Waals surface area contributed by atoms with Crippen LogP contribution in [0.4, 0.5) is 4.39 Å². The number of benzene rings is 3. The SMILES string of the molecule is O=C(O)C(OCc1ccccc1)=C(Oc1ccc(F)cc1)c1ccccc1. The highest BCUT2D eigenvalue weighted by molar-refractivity contribution is 5.93.